The zero-order chi connectivity index (χ0) is 26.5. The molecule has 1 aromatic heterocycles. The van der Waals surface area contributed by atoms with Crippen LogP contribution in [0.1, 0.15) is 37.1 Å². The first-order valence-corrected chi connectivity index (χ1v) is 13.0. The number of anilines is 1. The summed E-state index contributed by atoms with van der Waals surface area (Å²) in [4.78, 5) is 33.5. The Morgan fingerprint density at radius 1 is 1.08 bits per heavy atom. The Hall–Kier alpha value is -3.92. The molecular formula is C28H33N5O5. The third kappa shape index (κ3) is 5.80. The molecular weight excluding hydrogens is 486 g/mol. The summed E-state index contributed by atoms with van der Waals surface area (Å²) in [6, 6.07) is 13.4. The van der Waals surface area contributed by atoms with Crippen molar-refractivity contribution in [2.45, 2.75) is 38.8 Å². The Morgan fingerprint density at radius 2 is 1.89 bits per heavy atom. The number of benzene rings is 2. The van der Waals surface area contributed by atoms with Crippen LogP contribution in [0.15, 0.2) is 47.0 Å². The van der Waals surface area contributed by atoms with Crippen LogP contribution >= 0.6 is 0 Å². The highest BCUT2D eigenvalue weighted by molar-refractivity contribution is 5.95. The van der Waals surface area contributed by atoms with Crippen LogP contribution in [0.4, 0.5) is 5.69 Å². The summed E-state index contributed by atoms with van der Waals surface area (Å²) in [5.41, 5.74) is 2.68. The van der Waals surface area contributed by atoms with Gasteiger partial charge in [-0.1, -0.05) is 17.3 Å². The molecule has 0 unspecified atom stereocenters. The van der Waals surface area contributed by atoms with Gasteiger partial charge in [-0.15, -0.1) is 0 Å². The normalized spacial score (nSPS) is 16.6. The number of amides is 2. The minimum absolute atomic E-state index is 0.0281. The standard InChI is InChI=1S/C28H33N5O5/c1-36-23-9-8-21(16-24(23)37-2)27-30-25(38-31-27)18-32-13-10-20(11-14-32)28(35)29-17-19-5-3-6-22(15-19)33-12-4-7-26(33)34/h3,5-6,8-9,15-16,20H,4,7,10-14,17-18H2,1-2H3,(H,29,35). The van der Waals surface area contributed by atoms with Gasteiger partial charge in [0.1, 0.15) is 0 Å². The molecule has 10 heteroatoms. The maximum absolute atomic E-state index is 12.8. The summed E-state index contributed by atoms with van der Waals surface area (Å²) in [5.74, 6) is 2.48. The van der Waals surface area contributed by atoms with Gasteiger partial charge in [0.05, 0.1) is 20.8 Å². The molecule has 2 aliphatic rings. The van der Waals surface area contributed by atoms with Gasteiger partial charge in [0, 0.05) is 36.7 Å². The Morgan fingerprint density at radius 3 is 2.63 bits per heavy atom. The van der Waals surface area contributed by atoms with Crippen LogP contribution in [0.5, 0.6) is 11.5 Å². The number of rotatable bonds is 9. The quantitative estimate of drug-likeness (QED) is 0.458. The number of nitrogens with one attached hydrogen (secondary N) is 1. The summed E-state index contributed by atoms with van der Waals surface area (Å²) in [6.45, 7) is 3.30. The number of hydrogen-bond acceptors (Lipinski definition) is 8. The first-order valence-electron chi connectivity index (χ1n) is 13.0. The molecule has 0 radical (unpaired) electrons. The fraction of sp³-hybridized carbons (Fsp3) is 0.429. The minimum atomic E-state index is -0.0281. The van der Waals surface area contributed by atoms with Gasteiger partial charge in [0.25, 0.3) is 0 Å². The van der Waals surface area contributed by atoms with E-state index in [2.05, 4.69) is 20.4 Å². The third-order valence-electron chi connectivity index (χ3n) is 7.19. The number of carbonyl (C=O) groups excluding carboxylic acids is 2. The monoisotopic (exact) mass is 519 g/mol. The lowest BCUT2D eigenvalue weighted by atomic mass is 9.96. The molecule has 5 rings (SSSR count). The molecule has 2 aliphatic heterocycles. The molecule has 2 aromatic carbocycles. The van der Waals surface area contributed by atoms with Crippen LogP contribution in [0.3, 0.4) is 0 Å². The van der Waals surface area contributed by atoms with Crippen LogP contribution < -0.4 is 19.7 Å². The van der Waals surface area contributed by atoms with Crippen molar-refractivity contribution in [2.75, 3.05) is 38.8 Å². The van der Waals surface area contributed by atoms with Crippen molar-refractivity contribution < 1.29 is 23.6 Å². The number of piperidine rings is 1. The molecule has 0 aliphatic carbocycles. The average Bonchev–Trinajstić information content (AvgIpc) is 3.61. The number of ether oxygens (including phenoxy) is 2. The second kappa shape index (κ2) is 11.6. The van der Waals surface area contributed by atoms with E-state index in [1.165, 1.54) is 0 Å². The van der Waals surface area contributed by atoms with E-state index in [0.29, 0.717) is 42.7 Å². The Kier molecular flexibility index (Phi) is 7.88. The van der Waals surface area contributed by atoms with Crippen LogP contribution in [0.25, 0.3) is 11.4 Å². The average molecular weight is 520 g/mol. The van der Waals surface area contributed by atoms with E-state index in [9.17, 15) is 9.59 Å². The lowest BCUT2D eigenvalue weighted by Crippen LogP contribution is -2.40. The van der Waals surface area contributed by atoms with Gasteiger partial charge in [-0.3, -0.25) is 14.5 Å². The number of hydrogen-bond donors (Lipinski definition) is 1. The second-order valence-corrected chi connectivity index (χ2v) is 9.67. The zero-order valence-corrected chi connectivity index (χ0v) is 21.8. The fourth-order valence-electron chi connectivity index (χ4n) is 5.05. The van der Waals surface area contributed by atoms with Gasteiger partial charge < -0.3 is 24.2 Å². The molecule has 2 fully saturated rings. The van der Waals surface area contributed by atoms with E-state index in [0.717, 1.165) is 55.7 Å². The van der Waals surface area contributed by atoms with E-state index in [1.807, 2.05) is 47.4 Å². The van der Waals surface area contributed by atoms with Crippen LogP contribution in [-0.2, 0) is 22.7 Å². The molecule has 0 bridgehead atoms. The molecule has 200 valence electrons. The Balaban J connectivity index is 1.10. The van der Waals surface area contributed by atoms with Crippen molar-refractivity contribution in [3.8, 4) is 22.9 Å². The molecule has 0 spiro atoms. The van der Waals surface area contributed by atoms with E-state index >= 15 is 0 Å². The molecule has 2 amide bonds. The molecule has 3 aromatic rings. The maximum atomic E-state index is 12.8. The van der Waals surface area contributed by atoms with Crippen molar-refractivity contribution in [3.63, 3.8) is 0 Å². The van der Waals surface area contributed by atoms with Crippen molar-refractivity contribution in [2.24, 2.45) is 5.92 Å². The van der Waals surface area contributed by atoms with Crippen LogP contribution in [-0.4, -0.2) is 60.7 Å². The lowest BCUT2D eigenvalue weighted by Gasteiger charge is -2.30. The summed E-state index contributed by atoms with van der Waals surface area (Å²) in [7, 11) is 3.18. The molecule has 2 saturated heterocycles. The number of carbonyl (C=O) groups is 2. The Bertz CT molecular complexity index is 1280. The summed E-state index contributed by atoms with van der Waals surface area (Å²) >= 11 is 0. The minimum Gasteiger partial charge on any atom is -0.493 e. The summed E-state index contributed by atoms with van der Waals surface area (Å²) in [5, 5.41) is 7.20. The molecule has 0 saturated carbocycles. The predicted octanol–water partition coefficient (Wildman–Crippen LogP) is 3.41. The summed E-state index contributed by atoms with van der Waals surface area (Å²) < 4.78 is 16.1. The van der Waals surface area contributed by atoms with Gasteiger partial charge in [-0.05, 0) is 68.2 Å². The molecule has 0 atom stereocenters. The Labute approximate surface area is 221 Å². The molecule has 3 heterocycles. The van der Waals surface area contributed by atoms with Crippen LogP contribution in [0.2, 0.25) is 0 Å². The van der Waals surface area contributed by atoms with Gasteiger partial charge in [-0.25, -0.2) is 0 Å². The van der Waals surface area contributed by atoms with E-state index in [-0.39, 0.29) is 17.7 Å². The SMILES string of the molecule is COc1ccc(-c2noc(CN3CCC(C(=O)NCc4cccc(N5CCCC5=O)c4)CC3)n2)cc1OC. The van der Waals surface area contributed by atoms with E-state index in [4.69, 9.17) is 14.0 Å². The van der Waals surface area contributed by atoms with Gasteiger partial charge >= 0.3 is 0 Å². The number of nitrogens with zero attached hydrogens (tertiary/aromatic N) is 4. The molecule has 10 nitrogen and oxygen atoms in total. The topological polar surface area (TPSA) is 110 Å². The van der Waals surface area contributed by atoms with Crippen molar-refractivity contribution in [1.82, 2.24) is 20.4 Å². The highest BCUT2D eigenvalue weighted by atomic mass is 16.5. The van der Waals surface area contributed by atoms with Gasteiger partial charge in [-0.2, -0.15) is 4.98 Å². The highest BCUT2D eigenvalue weighted by Gasteiger charge is 2.26. The lowest BCUT2D eigenvalue weighted by molar-refractivity contribution is -0.126. The fourth-order valence-corrected chi connectivity index (χ4v) is 5.05. The van der Waals surface area contributed by atoms with Crippen molar-refractivity contribution in [3.05, 3.63) is 53.9 Å². The van der Waals surface area contributed by atoms with Crippen LogP contribution in [0, 0.1) is 5.92 Å². The maximum Gasteiger partial charge on any atom is 0.241 e. The zero-order valence-electron chi connectivity index (χ0n) is 21.8. The number of methoxy groups -OCH3 is 2. The molecule has 38 heavy (non-hydrogen) atoms. The van der Waals surface area contributed by atoms with E-state index in [1.54, 1.807) is 14.2 Å². The summed E-state index contributed by atoms with van der Waals surface area (Å²) in [6.07, 6.45) is 3.03. The number of likely N-dealkylation sites (tertiary alicyclic amines) is 1. The second-order valence-electron chi connectivity index (χ2n) is 9.67. The third-order valence-corrected chi connectivity index (χ3v) is 7.19. The smallest absolute Gasteiger partial charge is 0.241 e. The number of aromatic nitrogens is 2. The first-order chi connectivity index (χ1) is 18.5. The van der Waals surface area contributed by atoms with Crippen molar-refractivity contribution >= 4 is 17.5 Å². The molecule has 1 N–H and O–H groups in total. The van der Waals surface area contributed by atoms with Gasteiger partial charge in [0.2, 0.25) is 23.5 Å². The first kappa shape index (κ1) is 25.7. The largest absolute Gasteiger partial charge is 0.493 e. The van der Waals surface area contributed by atoms with E-state index < -0.39 is 0 Å². The highest BCUT2D eigenvalue weighted by Crippen LogP contribution is 2.31. The predicted molar refractivity (Wildman–Crippen MR) is 141 cm³/mol. The van der Waals surface area contributed by atoms with Gasteiger partial charge in [0.15, 0.2) is 11.5 Å². The van der Waals surface area contributed by atoms with Crippen molar-refractivity contribution in [1.29, 1.82) is 0 Å².